The van der Waals surface area contributed by atoms with Gasteiger partial charge in [0, 0.05) is 25.2 Å². The van der Waals surface area contributed by atoms with E-state index < -0.39 is 0 Å². The molecule has 0 aromatic heterocycles. The summed E-state index contributed by atoms with van der Waals surface area (Å²) < 4.78 is 0. The first-order chi connectivity index (χ1) is 8.50. The Bertz CT molecular complexity index is 399. The van der Waals surface area contributed by atoms with Crippen LogP contribution in [0.2, 0.25) is 0 Å². The van der Waals surface area contributed by atoms with Gasteiger partial charge in [-0.15, -0.1) is 0 Å². The van der Waals surface area contributed by atoms with E-state index >= 15 is 0 Å². The largest absolute Gasteiger partial charge is 0.384 e. The molecule has 1 amide bonds. The third kappa shape index (κ3) is 4.78. The van der Waals surface area contributed by atoms with E-state index in [9.17, 15) is 4.79 Å². The van der Waals surface area contributed by atoms with E-state index in [-0.39, 0.29) is 5.91 Å². The van der Waals surface area contributed by atoms with Crippen molar-refractivity contribution in [2.75, 3.05) is 18.4 Å². The molecule has 0 radical (unpaired) electrons. The molecule has 0 unspecified atom stereocenters. The number of carbonyl (C=O) groups excluding carboxylic acids is 1. The van der Waals surface area contributed by atoms with Crippen molar-refractivity contribution < 1.29 is 4.79 Å². The van der Waals surface area contributed by atoms with Crippen LogP contribution >= 0.6 is 0 Å². The van der Waals surface area contributed by atoms with Crippen molar-refractivity contribution in [3.8, 4) is 0 Å². The van der Waals surface area contributed by atoms with Crippen LogP contribution in [0.25, 0.3) is 0 Å². The summed E-state index contributed by atoms with van der Waals surface area (Å²) in [7, 11) is 0. The number of anilines is 1. The Morgan fingerprint density at radius 1 is 1.28 bits per heavy atom. The summed E-state index contributed by atoms with van der Waals surface area (Å²) in [5.41, 5.74) is 3.64. The third-order valence-corrected chi connectivity index (χ3v) is 2.98. The fourth-order valence-electron chi connectivity index (χ4n) is 1.66. The van der Waals surface area contributed by atoms with Crippen LogP contribution in [0.1, 0.15) is 31.4 Å². The number of carbonyl (C=O) groups is 1. The first kappa shape index (κ1) is 14.6. The highest BCUT2D eigenvalue weighted by atomic mass is 16.1. The molecule has 0 saturated heterocycles. The second kappa shape index (κ2) is 7.04. The topological polar surface area (TPSA) is 41.1 Å². The highest BCUT2D eigenvalue weighted by Gasteiger charge is 2.03. The zero-order valence-electron chi connectivity index (χ0n) is 11.8. The minimum atomic E-state index is 0.113. The molecule has 0 bridgehead atoms. The van der Waals surface area contributed by atoms with E-state index in [1.807, 2.05) is 12.1 Å². The van der Waals surface area contributed by atoms with Gasteiger partial charge in [0.1, 0.15) is 0 Å². The lowest BCUT2D eigenvalue weighted by Gasteiger charge is -2.12. The number of amides is 1. The molecule has 1 aromatic rings. The molecule has 0 aliphatic rings. The Hall–Kier alpha value is -1.51. The number of nitrogens with one attached hydrogen (secondary N) is 2. The van der Waals surface area contributed by atoms with Gasteiger partial charge in [0.05, 0.1) is 0 Å². The minimum Gasteiger partial charge on any atom is -0.384 e. The maximum atomic E-state index is 11.5. The zero-order chi connectivity index (χ0) is 13.5. The molecular weight excluding hydrogens is 224 g/mol. The fourth-order valence-corrected chi connectivity index (χ4v) is 1.66. The van der Waals surface area contributed by atoms with E-state index in [0.717, 1.165) is 12.2 Å². The van der Waals surface area contributed by atoms with Crippen LogP contribution in [-0.4, -0.2) is 19.0 Å². The predicted octanol–water partition coefficient (Wildman–Crippen LogP) is 2.88. The molecular formula is C15H24N2O. The smallest absolute Gasteiger partial charge is 0.221 e. The van der Waals surface area contributed by atoms with Gasteiger partial charge < -0.3 is 10.6 Å². The van der Waals surface area contributed by atoms with E-state index in [1.165, 1.54) is 11.1 Å². The van der Waals surface area contributed by atoms with Gasteiger partial charge in [-0.05, 0) is 37.0 Å². The molecule has 0 heterocycles. The standard InChI is InChI=1S/C15H24N2O/c1-11(2)10-17-15(18)8-9-16-14-7-5-6-12(3)13(14)4/h5-7,11,16H,8-10H2,1-4H3,(H,17,18). The molecule has 1 rings (SSSR count). The van der Waals surface area contributed by atoms with Crippen molar-refractivity contribution in [3.05, 3.63) is 29.3 Å². The van der Waals surface area contributed by atoms with Gasteiger partial charge >= 0.3 is 0 Å². The normalized spacial score (nSPS) is 10.5. The van der Waals surface area contributed by atoms with Gasteiger partial charge in [-0.2, -0.15) is 0 Å². The number of benzene rings is 1. The Morgan fingerprint density at radius 2 is 2.00 bits per heavy atom. The summed E-state index contributed by atoms with van der Waals surface area (Å²) in [6, 6.07) is 6.17. The van der Waals surface area contributed by atoms with Crippen molar-refractivity contribution in [1.82, 2.24) is 5.32 Å². The maximum Gasteiger partial charge on any atom is 0.221 e. The van der Waals surface area contributed by atoms with Gasteiger partial charge in [-0.3, -0.25) is 4.79 Å². The van der Waals surface area contributed by atoms with E-state index in [2.05, 4.69) is 44.4 Å². The predicted molar refractivity (Wildman–Crippen MR) is 76.9 cm³/mol. The van der Waals surface area contributed by atoms with Crippen LogP contribution in [0, 0.1) is 19.8 Å². The van der Waals surface area contributed by atoms with Crippen LogP contribution in [-0.2, 0) is 4.79 Å². The first-order valence-corrected chi connectivity index (χ1v) is 6.57. The maximum absolute atomic E-state index is 11.5. The average Bonchev–Trinajstić information content (AvgIpc) is 2.32. The molecule has 3 heteroatoms. The van der Waals surface area contributed by atoms with Gasteiger partial charge in [0.25, 0.3) is 0 Å². The number of hydrogen-bond donors (Lipinski definition) is 2. The highest BCUT2D eigenvalue weighted by molar-refractivity contribution is 5.76. The summed E-state index contributed by atoms with van der Waals surface area (Å²) in [5.74, 6) is 0.613. The molecule has 1 aromatic carbocycles. The fraction of sp³-hybridized carbons (Fsp3) is 0.533. The third-order valence-electron chi connectivity index (χ3n) is 2.98. The summed E-state index contributed by atoms with van der Waals surface area (Å²) in [4.78, 5) is 11.5. The second-order valence-corrected chi connectivity index (χ2v) is 5.12. The second-order valence-electron chi connectivity index (χ2n) is 5.12. The molecule has 18 heavy (non-hydrogen) atoms. The number of aryl methyl sites for hydroxylation is 1. The van der Waals surface area contributed by atoms with Crippen molar-refractivity contribution in [2.24, 2.45) is 5.92 Å². The van der Waals surface area contributed by atoms with Gasteiger partial charge in [0.2, 0.25) is 5.91 Å². The number of hydrogen-bond acceptors (Lipinski definition) is 2. The molecule has 100 valence electrons. The lowest BCUT2D eigenvalue weighted by Crippen LogP contribution is -2.28. The van der Waals surface area contributed by atoms with E-state index in [1.54, 1.807) is 0 Å². The molecule has 2 N–H and O–H groups in total. The summed E-state index contributed by atoms with van der Waals surface area (Å²) in [5, 5.41) is 6.23. The monoisotopic (exact) mass is 248 g/mol. The molecule has 0 aliphatic heterocycles. The summed E-state index contributed by atoms with van der Waals surface area (Å²) in [6.07, 6.45) is 0.514. The first-order valence-electron chi connectivity index (χ1n) is 6.57. The van der Waals surface area contributed by atoms with Crippen LogP contribution in [0.15, 0.2) is 18.2 Å². The zero-order valence-corrected chi connectivity index (χ0v) is 11.8. The Morgan fingerprint density at radius 3 is 2.67 bits per heavy atom. The molecule has 0 aliphatic carbocycles. The Labute approximate surface area is 110 Å². The minimum absolute atomic E-state index is 0.113. The molecule has 0 fully saturated rings. The van der Waals surface area contributed by atoms with Gasteiger partial charge in [-0.1, -0.05) is 26.0 Å². The van der Waals surface area contributed by atoms with Crippen molar-refractivity contribution in [1.29, 1.82) is 0 Å². The lowest BCUT2D eigenvalue weighted by atomic mass is 10.1. The molecule has 0 spiro atoms. The SMILES string of the molecule is Cc1cccc(NCCC(=O)NCC(C)C)c1C. The van der Waals surface area contributed by atoms with Crippen molar-refractivity contribution >= 4 is 11.6 Å². The van der Waals surface area contributed by atoms with Crippen LogP contribution in [0.4, 0.5) is 5.69 Å². The van der Waals surface area contributed by atoms with Crippen LogP contribution in [0.3, 0.4) is 0 Å². The quantitative estimate of drug-likeness (QED) is 0.812. The molecule has 0 saturated carbocycles. The van der Waals surface area contributed by atoms with Gasteiger partial charge in [-0.25, -0.2) is 0 Å². The van der Waals surface area contributed by atoms with Gasteiger partial charge in [0.15, 0.2) is 0 Å². The highest BCUT2D eigenvalue weighted by Crippen LogP contribution is 2.17. The van der Waals surface area contributed by atoms with Crippen LogP contribution < -0.4 is 10.6 Å². The van der Waals surface area contributed by atoms with Crippen molar-refractivity contribution in [2.45, 2.75) is 34.1 Å². The average molecular weight is 248 g/mol. The van der Waals surface area contributed by atoms with E-state index in [0.29, 0.717) is 18.9 Å². The van der Waals surface area contributed by atoms with Crippen LogP contribution in [0.5, 0.6) is 0 Å². The Kier molecular flexibility index (Phi) is 5.69. The van der Waals surface area contributed by atoms with Crippen molar-refractivity contribution in [3.63, 3.8) is 0 Å². The van der Waals surface area contributed by atoms with E-state index in [4.69, 9.17) is 0 Å². The summed E-state index contributed by atoms with van der Waals surface area (Å²) >= 11 is 0. The Balaban J connectivity index is 2.33. The summed E-state index contributed by atoms with van der Waals surface area (Å²) in [6.45, 7) is 9.80. The molecule has 3 nitrogen and oxygen atoms in total. The lowest BCUT2D eigenvalue weighted by molar-refractivity contribution is -0.120. The number of rotatable bonds is 6. The molecule has 0 atom stereocenters.